The third kappa shape index (κ3) is 3.05. The Hall–Kier alpha value is -1.39. The minimum absolute atomic E-state index is 0.134. The maximum absolute atomic E-state index is 11.5. The zero-order valence-corrected chi connectivity index (χ0v) is 10.5. The predicted octanol–water partition coefficient (Wildman–Crippen LogP) is 0.825. The second-order valence-corrected chi connectivity index (χ2v) is 3.93. The van der Waals surface area contributed by atoms with Crippen LogP contribution in [0.4, 0.5) is 0 Å². The van der Waals surface area contributed by atoms with Crippen molar-refractivity contribution in [1.29, 1.82) is 0 Å². The summed E-state index contributed by atoms with van der Waals surface area (Å²) in [4.78, 5) is 13.6. The van der Waals surface area contributed by atoms with Gasteiger partial charge in [-0.3, -0.25) is 9.69 Å². The van der Waals surface area contributed by atoms with Gasteiger partial charge < -0.3 is 9.84 Å². The standard InChI is InChI=1S/C12H15NO2.CH4O/c1-13-8-10-6-4-3-5-9(10)7-11(13)12(14)15-2;1-2/h3-6,11H,7-8H2,1-2H3;2H,1H3. The summed E-state index contributed by atoms with van der Waals surface area (Å²) in [6.07, 6.45) is 0.749. The fourth-order valence-electron chi connectivity index (χ4n) is 2.05. The van der Waals surface area contributed by atoms with E-state index >= 15 is 0 Å². The highest BCUT2D eigenvalue weighted by Crippen LogP contribution is 2.22. The van der Waals surface area contributed by atoms with Gasteiger partial charge in [0.1, 0.15) is 6.04 Å². The van der Waals surface area contributed by atoms with Crippen LogP contribution in [0, 0.1) is 0 Å². The lowest BCUT2D eigenvalue weighted by Gasteiger charge is -2.31. The van der Waals surface area contributed by atoms with Crippen molar-refractivity contribution in [2.45, 2.75) is 19.0 Å². The number of fused-ring (bicyclic) bond motifs is 1. The number of esters is 1. The fourth-order valence-corrected chi connectivity index (χ4v) is 2.05. The molecular formula is C13H19NO3. The van der Waals surface area contributed by atoms with Crippen LogP contribution in [0.1, 0.15) is 11.1 Å². The molecule has 0 amide bonds. The van der Waals surface area contributed by atoms with E-state index in [-0.39, 0.29) is 12.0 Å². The number of aliphatic hydroxyl groups excluding tert-OH is 1. The lowest BCUT2D eigenvalue weighted by Crippen LogP contribution is -2.43. The van der Waals surface area contributed by atoms with Gasteiger partial charge in [-0.15, -0.1) is 0 Å². The number of aliphatic hydroxyl groups is 1. The third-order valence-corrected chi connectivity index (χ3v) is 2.96. The number of nitrogens with zero attached hydrogens (tertiary/aromatic N) is 1. The van der Waals surface area contributed by atoms with Gasteiger partial charge in [-0.2, -0.15) is 0 Å². The largest absolute Gasteiger partial charge is 0.468 e. The van der Waals surface area contributed by atoms with E-state index in [2.05, 4.69) is 12.1 Å². The highest BCUT2D eigenvalue weighted by Gasteiger charge is 2.29. The molecule has 4 heteroatoms. The topological polar surface area (TPSA) is 49.8 Å². The lowest BCUT2D eigenvalue weighted by atomic mass is 9.94. The molecule has 0 aliphatic carbocycles. The first-order valence-electron chi connectivity index (χ1n) is 5.52. The number of hydrogen-bond acceptors (Lipinski definition) is 4. The number of carbonyl (C=O) groups is 1. The summed E-state index contributed by atoms with van der Waals surface area (Å²) in [7, 11) is 4.40. The number of likely N-dealkylation sites (N-methyl/N-ethyl adjacent to an activating group) is 1. The normalized spacial score (nSPS) is 18.7. The maximum Gasteiger partial charge on any atom is 0.323 e. The zero-order chi connectivity index (χ0) is 12.8. The van der Waals surface area contributed by atoms with E-state index in [4.69, 9.17) is 9.84 Å². The van der Waals surface area contributed by atoms with Gasteiger partial charge in [-0.1, -0.05) is 24.3 Å². The quantitative estimate of drug-likeness (QED) is 0.735. The number of ether oxygens (including phenoxy) is 1. The molecular weight excluding hydrogens is 218 g/mol. The molecule has 1 heterocycles. The molecule has 1 aliphatic rings. The summed E-state index contributed by atoms with van der Waals surface area (Å²) in [5.41, 5.74) is 2.56. The molecule has 2 rings (SSSR count). The molecule has 1 unspecified atom stereocenters. The fraction of sp³-hybridized carbons (Fsp3) is 0.462. The molecule has 1 aliphatic heterocycles. The highest BCUT2D eigenvalue weighted by molar-refractivity contribution is 5.76. The third-order valence-electron chi connectivity index (χ3n) is 2.96. The molecule has 1 aromatic carbocycles. The Balaban J connectivity index is 0.000000686. The molecule has 1 aromatic rings. The minimum atomic E-state index is -0.146. The van der Waals surface area contributed by atoms with Gasteiger partial charge in [0.25, 0.3) is 0 Å². The molecule has 17 heavy (non-hydrogen) atoms. The summed E-state index contributed by atoms with van der Waals surface area (Å²) in [6, 6.07) is 8.10. The number of hydrogen-bond donors (Lipinski definition) is 1. The van der Waals surface area contributed by atoms with E-state index in [1.54, 1.807) is 0 Å². The van der Waals surface area contributed by atoms with Crippen LogP contribution in [0.2, 0.25) is 0 Å². The van der Waals surface area contributed by atoms with Crippen molar-refractivity contribution < 1.29 is 14.6 Å². The molecule has 0 radical (unpaired) electrons. The van der Waals surface area contributed by atoms with Crippen molar-refractivity contribution in [2.24, 2.45) is 0 Å². The Morgan fingerprint density at radius 1 is 1.35 bits per heavy atom. The molecule has 0 spiro atoms. The first kappa shape index (κ1) is 13.7. The first-order valence-corrected chi connectivity index (χ1v) is 5.52. The van der Waals surface area contributed by atoms with Crippen LogP contribution in [0.5, 0.6) is 0 Å². The second-order valence-electron chi connectivity index (χ2n) is 3.93. The average Bonchev–Trinajstić information content (AvgIpc) is 2.39. The average molecular weight is 237 g/mol. The van der Waals surface area contributed by atoms with Crippen molar-refractivity contribution in [3.05, 3.63) is 35.4 Å². The van der Waals surface area contributed by atoms with E-state index in [0.717, 1.165) is 20.1 Å². The lowest BCUT2D eigenvalue weighted by molar-refractivity contribution is -0.147. The summed E-state index contributed by atoms with van der Waals surface area (Å²) in [5.74, 6) is -0.146. The molecule has 1 N–H and O–H groups in total. The van der Waals surface area contributed by atoms with E-state index in [1.165, 1.54) is 18.2 Å². The van der Waals surface area contributed by atoms with E-state index in [0.29, 0.717) is 0 Å². The number of benzene rings is 1. The molecule has 0 saturated carbocycles. The van der Waals surface area contributed by atoms with Crippen LogP contribution in [-0.2, 0) is 22.5 Å². The number of rotatable bonds is 1. The van der Waals surface area contributed by atoms with Crippen LogP contribution >= 0.6 is 0 Å². The van der Waals surface area contributed by atoms with Crippen molar-refractivity contribution in [3.8, 4) is 0 Å². The van der Waals surface area contributed by atoms with E-state index in [9.17, 15) is 4.79 Å². The van der Waals surface area contributed by atoms with Gasteiger partial charge in [0.05, 0.1) is 7.11 Å². The van der Waals surface area contributed by atoms with Gasteiger partial charge >= 0.3 is 5.97 Å². The molecule has 0 fully saturated rings. The van der Waals surface area contributed by atoms with Gasteiger partial charge in [0.15, 0.2) is 0 Å². The summed E-state index contributed by atoms with van der Waals surface area (Å²) in [5, 5.41) is 7.00. The second kappa shape index (κ2) is 6.37. The Bertz CT molecular complexity index is 379. The Morgan fingerprint density at radius 2 is 1.94 bits per heavy atom. The highest BCUT2D eigenvalue weighted by atomic mass is 16.5. The van der Waals surface area contributed by atoms with Crippen LogP contribution in [0.25, 0.3) is 0 Å². The SMILES string of the molecule is CO.COC(=O)C1Cc2ccccc2CN1C. The Labute approximate surface area is 102 Å². The molecule has 0 saturated heterocycles. The first-order chi connectivity index (χ1) is 8.22. The number of methoxy groups -OCH3 is 1. The summed E-state index contributed by atoms with van der Waals surface area (Å²) >= 11 is 0. The summed E-state index contributed by atoms with van der Waals surface area (Å²) < 4.78 is 4.79. The van der Waals surface area contributed by atoms with Crippen LogP contribution in [0.3, 0.4) is 0 Å². The smallest absolute Gasteiger partial charge is 0.323 e. The van der Waals surface area contributed by atoms with Crippen LogP contribution in [-0.4, -0.2) is 43.3 Å². The maximum atomic E-state index is 11.5. The molecule has 0 aromatic heterocycles. The van der Waals surface area contributed by atoms with Crippen LogP contribution < -0.4 is 0 Å². The Morgan fingerprint density at radius 3 is 2.53 bits per heavy atom. The number of carbonyl (C=O) groups excluding carboxylic acids is 1. The van der Waals surface area contributed by atoms with Gasteiger partial charge in [0.2, 0.25) is 0 Å². The monoisotopic (exact) mass is 237 g/mol. The zero-order valence-electron chi connectivity index (χ0n) is 10.5. The molecule has 1 atom stereocenters. The van der Waals surface area contributed by atoms with Gasteiger partial charge in [0, 0.05) is 13.7 Å². The molecule has 0 bridgehead atoms. The van der Waals surface area contributed by atoms with E-state index < -0.39 is 0 Å². The van der Waals surface area contributed by atoms with Crippen LogP contribution in [0.15, 0.2) is 24.3 Å². The van der Waals surface area contributed by atoms with Crippen molar-refractivity contribution in [2.75, 3.05) is 21.3 Å². The molecule has 94 valence electrons. The van der Waals surface area contributed by atoms with Crippen molar-refractivity contribution in [1.82, 2.24) is 4.90 Å². The van der Waals surface area contributed by atoms with E-state index in [1.807, 2.05) is 24.1 Å². The predicted molar refractivity (Wildman–Crippen MR) is 65.6 cm³/mol. The minimum Gasteiger partial charge on any atom is -0.468 e. The van der Waals surface area contributed by atoms with Gasteiger partial charge in [-0.05, 0) is 24.6 Å². The van der Waals surface area contributed by atoms with Crippen molar-refractivity contribution in [3.63, 3.8) is 0 Å². The molecule has 4 nitrogen and oxygen atoms in total. The summed E-state index contributed by atoms with van der Waals surface area (Å²) in [6.45, 7) is 0.815. The van der Waals surface area contributed by atoms with Crippen molar-refractivity contribution >= 4 is 5.97 Å². The van der Waals surface area contributed by atoms with Gasteiger partial charge in [-0.25, -0.2) is 0 Å². The Kier molecular flexibility index (Phi) is 5.12.